The number of carbonyl (C=O) groups is 1. The van der Waals surface area contributed by atoms with Gasteiger partial charge in [0.05, 0.1) is 4.90 Å². The van der Waals surface area contributed by atoms with Gasteiger partial charge in [-0.05, 0) is 61.8 Å². The van der Waals surface area contributed by atoms with E-state index in [9.17, 15) is 17.6 Å². The third-order valence-corrected chi connectivity index (χ3v) is 8.77. The molecule has 1 aliphatic carbocycles. The van der Waals surface area contributed by atoms with E-state index in [0.717, 1.165) is 37.6 Å². The van der Waals surface area contributed by atoms with Crippen LogP contribution < -0.4 is 0 Å². The van der Waals surface area contributed by atoms with Crippen LogP contribution in [0.15, 0.2) is 29.2 Å². The molecular weight excluding hydrogens is 379 g/mol. The molecule has 0 N–H and O–H groups in total. The van der Waals surface area contributed by atoms with Gasteiger partial charge in [0.1, 0.15) is 5.82 Å². The van der Waals surface area contributed by atoms with Crippen LogP contribution >= 0.6 is 0 Å². The Hall–Kier alpha value is -1.47. The summed E-state index contributed by atoms with van der Waals surface area (Å²) in [7, 11) is -3.63. The van der Waals surface area contributed by atoms with Crippen molar-refractivity contribution in [1.29, 1.82) is 0 Å². The van der Waals surface area contributed by atoms with Gasteiger partial charge in [0.15, 0.2) is 0 Å². The van der Waals surface area contributed by atoms with Crippen LogP contribution in [0.25, 0.3) is 0 Å². The molecule has 3 fully saturated rings. The van der Waals surface area contributed by atoms with Crippen molar-refractivity contribution in [3.05, 3.63) is 30.1 Å². The number of hydrogen-bond donors (Lipinski definition) is 0. The van der Waals surface area contributed by atoms with Crippen molar-refractivity contribution in [2.45, 2.75) is 49.8 Å². The monoisotopic (exact) mass is 408 g/mol. The first kappa shape index (κ1) is 19.8. The van der Waals surface area contributed by atoms with Gasteiger partial charge in [-0.1, -0.05) is 19.3 Å². The van der Waals surface area contributed by atoms with Gasteiger partial charge in [0.25, 0.3) is 0 Å². The Labute approximate surface area is 166 Å². The molecule has 5 nitrogen and oxygen atoms in total. The largest absolute Gasteiger partial charge is 0.342 e. The van der Waals surface area contributed by atoms with Gasteiger partial charge in [0, 0.05) is 32.1 Å². The van der Waals surface area contributed by atoms with Crippen LogP contribution in [0.3, 0.4) is 0 Å². The summed E-state index contributed by atoms with van der Waals surface area (Å²) in [6, 6.07) is 4.93. The summed E-state index contributed by atoms with van der Waals surface area (Å²) < 4.78 is 40.0. The molecule has 2 saturated heterocycles. The highest BCUT2D eigenvalue weighted by molar-refractivity contribution is 7.89. The van der Waals surface area contributed by atoms with Crippen molar-refractivity contribution in [2.75, 3.05) is 26.2 Å². The fourth-order valence-corrected chi connectivity index (χ4v) is 6.63. The van der Waals surface area contributed by atoms with Crippen LogP contribution in [-0.2, 0) is 14.8 Å². The van der Waals surface area contributed by atoms with Crippen molar-refractivity contribution in [3.8, 4) is 0 Å². The molecule has 4 rings (SSSR count). The second-order valence-electron chi connectivity index (χ2n) is 8.51. The number of amides is 1. The van der Waals surface area contributed by atoms with Crippen LogP contribution in [0.2, 0.25) is 0 Å². The SMILES string of the molecule is O=C(C1CCN(S(=O)(=O)c2ccc(F)cc2)CC1)N1CC[C@@H]2CCCC[C@@H]2C1. The first-order chi connectivity index (χ1) is 13.4. The zero-order valence-corrected chi connectivity index (χ0v) is 17.0. The minimum absolute atomic E-state index is 0.0835. The second kappa shape index (κ2) is 8.11. The topological polar surface area (TPSA) is 57.7 Å². The molecule has 1 aromatic rings. The number of fused-ring (bicyclic) bond motifs is 1. The molecule has 1 saturated carbocycles. The van der Waals surface area contributed by atoms with Crippen molar-refractivity contribution >= 4 is 15.9 Å². The van der Waals surface area contributed by atoms with E-state index in [4.69, 9.17) is 0 Å². The predicted octanol–water partition coefficient (Wildman–Crippen LogP) is 3.27. The Balaban J connectivity index is 1.34. The molecule has 0 unspecified atom stereocenters. The van der Waals surface area contributed by atoms with Gasteiger partial charge in [0.2, 0.25) is 15.9 Å². The molecule has 1 aromatic carbocycles. The number of piperidine rings is 2. The normalized spacial score (nSPS) is 27.4. The number of carbonyl (C=O) groups excluding carboxylic acids is 1. The van der Waals surface area contributed by atoms with E-state index in [-0.39, 0.29) is 16.7 Å². The fraction of sp³-hybridized carbons (Fsp3) is 0.667. The van der Waals surface area contributed by atoms with Gasteiger partial charge in [-0.2, -0.15) is 4.31 Å². The van der Waals surface area contributed by atoms with E-state index in [2.05, 4.69) is 0 Å². The van der Waals surface area contributed by atoms with Crippen LogP contribution in [0.5, 0.6) is 0 Å². The van der Waals surface area contributed by atoms with Gasteiger partial charge >= 0.3 is 0 Å². The lowest BCUT2D eigenvalue weighted by Crippen LogP contribution is -2.49. The molecule has 154 valence electrons. The first-order valence-corrected chi connectivity index (χ1v) is 11.9. The number of benzene rings is 1. The van der Waals surface area contributed by atoms with E-state index in [1.165, 1.54) is 42.1 Å². The lowest BCUT2D eigenvalue weighted by Gasteiger charge is -2.43. The summed E-state index contributed by atoms with van der Waals surface area (Å²) in [4.78, 5) is 15.2. The minimum Gasteiger partial charge on any atom is -0.342 e. The molecule has 3 aliphatic rings. The Kier molecular flexibility index (Phi) is 5.74. The molecule has 2 aliphatic heterocycles. The lowest BCUT2D eigenvalue weighted by atomic mass is 9.75. The van der Waals surface area contributed by atoms with Gasteiger partial charge in [-0.25, -0.2) is 12.8 Å². The molecule has 7 heteroatoms. The molecule has 0 spiro atoms. The maximum Gasteiger partial charge on any atom is 0.243 e. The lowest BCUT2D eigenvalue weighted by molar-refractivity contribution is -0.139. The molecule has 0 bridgehead atoms. The summed E-state index contributed by atoms with van der Waals surface area (Å²) in [6.45, 7) is 2.43. The minimum atomic E-state index is -3.63. The zero-order chi connectivity index (χ0) is 19.7. The Morgan fingerprint density at radius 1 is 0.893 bits per heavy atom. The Morgan fingerprint density at radius 2 is 1.54 bits per heavy atom. The Bertz CT molecular complexity index is 803. The number of hydrogen-bond acceptors (Lipinski definition) is 3. The molecule has 0 radical (unpaired) electrons. The van der Waals surface area contributed by atoms with Crippen molar-refractivity contribution < 1.29 is 17.6 Å². The summed E-state index contributed by atoms with van der Waals surface area (Å²) in [6.07, 6.45) is 7.40. The van der Waals surface area contributed by atoms with Crippen LogP contribution in [0, 0.1) is 23.6 Å². The number of nitrogens with zero attached hydrogens (tertiary/aromatic N) is 2. The summed E-state index contributed by atoms with van der Waals surface area (Å²) in [5.74, 6) is 1.12. The summed E-state index contributed by atoms with van der Waals surface area (Å²) >= 11 is 0. The molecule has 28 heavy (non-hydrogen) atoms. The molecule has 0 aromatic heterocycles. The van der Waals surface area contributed by atoms with E-state index >= 15 is 0 Å². The third kappa shape index (κ3) is 3.96. The van der Waals surface area contributed by atoms with Crippen LogP contribution in [-0.4, -0.2) is 49.7 Å². The van der Waals surface area contributed by atoms with Gasteiger partial charge in [-0.3, -0.25) is 4.79 Å². The summed E-state index contributed by atoms with van der Waals surface area (Å²) in [5, 5.41) is 0. The first-order valence-electron chi connectivity index (χ1n) is 10.5. The maximum atomic E-state index is 13.1. The molecular formula is C21H29FN2O3S. The smallest absolute Gasteiger partial charge is 0.243 e. The summed E-state index contributed by atoms with van der Waals surface area (Å²) in [5.41, 5.74) is 0. The zero-order valence-electron chi connectivity index (χ0n) is 16.2. The maximum absolute atomic E-state index is 13.1. The molecule has 1 amide bonds. The van der Waals surface area contributed by atoms with Crippen molar-refractivity contribution in [3.63, 3.8) is 0 Å². The average Bonchev–Trinajstić information content (AvgIpc) is 2.73. The van der Waals surface area contributed by atoms with E-state index < -0.39 is 15.8 Å². The number of likely N-dealkylation sites (tertiary alicyclic amines) is 1. The number of halogens is 1. The average molecular weight is 409 g/mol. The Morgan fingerprint density at radius 3 is 2.21 bits per heavy atom. The van der Waals surface area contributed by atoms with E-state index in [1.807, 2.05) is 4.90 Å². The standard InChI is InChI=1S/C21H29FN2O3S/c22-19-5-7-20(8-6-19)28(26,27)24-13-10-17(11-14-24)21(25)23-12-9-16-3-1-2-4-18(16)15-23/h5-8,16-18H,1-4,9-15H2/t16-,18+/m0/s1. The number of sulfonamides is 1. The van der Waals surface area contributed by atoms with E-state index in [1.54, 1.807) is 0 Å². The van der Waals surface area contributed by atoms with Crippen LogP contribution in [0.1, 0.15) is 44.9 Å². The quantitative estimate of drug-likeness (QED) is 0.771. The highest BCUT2D eigenvalue weighted by Gasteiger charge is 2.37. The second-order valence-corrected chi connectivity index (χ2v) is 10.4. The van der Waals surface area contributed by atoms with E-state index in [0.29, 0.717) is 31.8 Å². The predicted molar refractivity (Wildman–Crippen MR) is 105 cm³/mol. The third-order valence-electron chi connectivity index (χ3n) is 6.86. The van der Waals surface area contributed by atoms with Crippen LogP contribution in [0.4, 0.5) is 4.39 Å². The fourth-order valence-electron chi connectivity index (χ4n) is 5.16. The van der Waals surface area contributed by atoms with Crippen molar-refractivity contribution in [2.24, 2.45) is 17.8 Å². The number of rotatable bonds is 3. The highest BCUT2D eigenvalue weighted by atomic mass is 32.2. The van der Waals surface area contributed by atoms with Gasteiger partial charge < -0.3 is 4.90 Å². The molecule has 2 heterocycles. The highest BCUT2D eigenvalue weighted by Crippen LogP contribution is 2.37. The van der Waals surface area contributed by atoms with Crippen molar-refractivity contribution in [1.82, 2.24) is 9.21 Å². The van der Waals surface area contributed by atoms with Gasteiger partial charge in [-0.15, -0.1) is 0 Å². The molecule has 2 atom stereocenters.